The molecule has 0 saturated carbocycles. The Balaban J connectivity index is 1.67. The number of aromatic nitrogens is 1. The number of likely N-dealkylation sites (tertiary alicyclic amines) is 1. The average Bonchev–Trinajstić information content (AvgIpc) is 3.18. The lowest BCUT2D eigenvalue weighted by Crippen LogP contribution is -2.31. The van der Waals surface area contributed by atoms with Crippen molar-refractivity contribution in [3.05, 3.63) is 65.3 Å². The second-order valence-electron chi connectivity index (χ2n) is 6.36. The summed E-state index contributed by atoms with van der Waals surface area (Å²) in [7, 11) is 0. The van der Waals surface area contributed by atoms with E-state index in [1.54, 1.807) is 29.2 Å². The summed E-state index contributed by atoms with van der Waals surface area (Å²) in [6.45, 7) is 2.08. The minimum absolute atomic E-state index is 0.189. The molecule has 0 unspecified atom stereocenters. The number of fused-ring (bicyclic) bond motifs is 1. The molecule has 1 N–H and O–H groups in total. The summed E-state index contributed by atoms with van der Waals surface area (Å²) in [6, 6.07) is 10.9. The summed E-state index contributed by atoms with van der Waals surface area (Å²) < 4.78 is 18.8. The predicted molar refractivity (Wildman–Crippen MR) is 89.5 cm³/mol. The van der Waals surface area contributed by atoms with Crippen LogP contribution in [0.2, 0.25) is 0 Å². The molecule has 0 bridgehead atoms. The van der Waals surface area contributed by atoms with Crippen LogP contribution in [0.1, 0.15) is 34.3 Å². The first-order valence-corrected chi connectivity index (χ1v) is 8.13. The smallest absolute Gasteiger partial charge is 0.290 e. The lowest BCUT2D eigenvalue weighted by Gasteiger charge is -2.23. The summed E-state index contributed by atoms with van der Waals surface area (Å²) in [4.78, 5) is 18.8. The van der Waals surface area contributed by atoms with E-state index >= 15 is 0 Å². The van der Waals surface area contributed by atoms with Crippen molar-refractivity contribution in [1.29, 1.82) is 0 Å². The number of pyridine rings is 1. The van der Waals surface area contributed by atoms with Gasteiger partial charge in [-0.1, -0.05) is 12.1 Å². The summed E-state index contributed by atoms with van der Waals surface area (Å²) in [6.07, 6.45) is -0.210. The molecule has 2 aromatic heterocycles. The third-order valence-corrected chi connectivity index (χ3v) is 4.52. The van der Waals surface area contributed by atoms with Gasteiger partial charge in [0.1, 0.15) is 11.3 Å². The van der Waals surface area contributed by atoms with Gasteiger partial charge in [0.15, 0.2) is 11.3 Å². The van der Waals surface area contributed by atoms with E-state index in [0.29, 0.717) is 17.5 Å². The molecule has 1 saturated heterocycles. The molecule has 25 heavy (non-hydrogen) atoms. The zero-order valence-corrected chi connectivity index (χ0v) is 13.6. The Morgan fingerprint density at radius 2 is 2.04 bits per heavy atom. The Morgan fingerprint density at radius 1 is 1.28 bits per heavy atom. The Kier molecular flexibility index (Phi) is 3.77. The van der Waals surface area contributed by atoms with Crippen LogP contribution in [0, 0.1) is 12.7 Å². The van der Waals surface area contributed by atoms with E-state index in [1.165, 1.54) is 12.1 Å². The Morgan fingerprint density at radius 3 is 2.80 bits per heavy atom. The van der Waals surface area contributed by atoms with Crippen molar-refractivity contribution in [3.8, 4) is 0 Å². The third-order valence-electron chi connectivity index (χ3n) is 4.52. The Hall–Kier alpha value is -2.73. The second kappa shape index (κ2) is 5.97. The molecule has 128 valence electrons. The van der Waals surface area contributed by atoms with Crippen molar-refractivity contribution in [1.82, 2.24) is 9.88 Å². The number of carbonyl (C=O) groups is 1. The maximum absolute atomic E-state index is 13.2. The van der Waals surface area contributed by atoms with Crippen LogP contribution in [0.3, 0.4) is 0 Å². The van der Waals surface area contributed by atoms with Gasteiger partial charge in [-0.3, -0.25) is 4.79 Å². The summed E-state index contributed by atoms with van der Waals surface area (Å²) in [5, 5.41) is 10.0. The van der Waals surface area contributed by atoms with Crippen LogP contribution in [-0.4, -0.2) is 33.5 Å². The van der Waals surface area contributed by atoms with Crippen molar-refractivity contribution < 1.29 is 18.7 Å². The van der Waals surface area contributed by atoms with Crippen LogP contribution < -0.4 is 0 Å². The van der Waals surface area contributed by atoms with Gasteiger partial charge in [-0.15, -0.1) is 0 Å². The van der Waals surface area contributed by atoms with Gasteiger partial charge in [-0.05, 0) is 43.2 Å². The maximum atomic E-state index is 13.2. The van der Waals surface area contributed by atoms with Crippen molar-refractivity contribution in [2.75, 3.05) is 6.54 Å². The minimum Gasteiger partial charge on any atom is -0.449 e. The highest BCUT2D eigenvalue weighted by molar-refractivity contribution is 5.95. The quantitative estimate of drug-likeness (QED) is 0.778. The molecule has 3 heterocycles. The van der Waals surface area contributed by atoms with Crippen LogP contribution >= 0.6 is 0 Å². The van der Waals surface area contributed by atoms with Gasteiger partial charge in [0.05, 0.1) is 12.1 Å². The molecule has 6 heteroatoms. The normalized spacial score (nSPS) is 20.4. The topological polar surface area (TPSA) is 66.6 Å². The lowest BCUT2D eigenvalue weighted by atomic mass is 10.0. The number of halogens is 1. The van der Waals surface area contributed by atoms with Crippen molar-refractivity contribution in [2.45, 2.75) is 25.5 Å². The maximum Gasteiger partial charge on any atom is 0.290 e. The van der Waals surface area contributed by atoms with Crippen LogP contribution in [-0.2, 0) is 0 Å². The number of amides is 1. The molecule has 0 spiro atoms. The number of benzene rings is 1. The molecule has 4 rings (SSSR count). The summed E-state index contributed by atoms with van der Waals surface area (Å²) >= 11 is 0. The van der Waals surface area contributed by atoms with Gasteiger partial charge < -0.3 is 14.4 Å². The Labute approximate surface area is 143 Å². The van der Waals surface area contributed by atoms with E-state index in [1.807, 2.05) is 13.0 Å². The molecule has 0 aliphatic carbocycles. The number of nitrogens with zero attached hydrogens (tertiary/aromatic N) is 2. The van der Waals surface area contributed by atoms with Crippen LogP contribution in [0.5, 0.6) is 0 Å². The van der Waals surface area contributed by atoms with E-state index in [-0.39, 0.29) is 30.1 Å². The zero-order valence-electron chi connectivity index (χ0n) is 13.6. The van der Waals surface area contributed by atoms with E-state index in [9.17, 15) is 14.3 Å². The van der Waals surface area contributed by atoms with Gasteiger partial charge in [0.25, 0.3) is 5.91 Å². The molecule has 1 aromatic carbocycles. The number of aryl methyl sites for hydroxylation is 1. The lowest BCUT2D eigenvalue weighted by molar-refractivity contribution is 0.0686. The number of rotatable bonds is 2. The number of hydrogen-bond acceptors (Lipinski definition) is 4. The van der Waals surface area contributed by atoms with E-state index in [2.05, 4.69) is 4.98 Å². The second-order valence-corrected chi connectivity index (χ2v) is 6.36. The zero-order chi connectivity index (χ0) is 17.6. The first-order valence-electron chi connectivity index (χ1n) is 8.13. The molecule has 1 aliphatic heterocycles. The first-order chi connectivity index (χ1) is 12.0. The monoisotopic (exact) mass is 340 g/mol. The first kappa shape index (κ1) is 15.8. The molecule has 3 aromatic rings. The number of carbonyl (C=O) groups excluding carboxylic acids is 1. The SMILES string of the molecule is Cc1ccc2oc(C(=O)N3C[C@@H](O)C[C@H]3c3ccc(F)cc3)cc2n1. The Bertz CT molecular complexity index is 935. The highest BCUT2D eigenvalue weighted by Gasteiger charge is 2.37. The molecule has 1 fully saturated rings. The summed E-state index contributed by atoms with van der Waals surface area (Å²) in [5.41, 5.74) is 2.80. The standard InChI is InChI=1S/C19H17FN2O3/c1-11-2-7-17-15(21-11)9-18(25-17)19(24)22-10-14(23)8-16(22)12-3-5-13(20)6-4-12/h2-7,9,14,16,23H,8,10H2,1H3/t14-,16-/m0/s1. The molecule has 1 amide bonds. The summed E-state index contributed by atoms with van der Waals surface area (Å²) in [5.74, 6) is -0.449. The van der Waals surface area contributed by atoms with Crippen molar-refractivity contribution in [2.24, 2.45) is 0 Å². The van der Waals surface area contributed by atoms with Gasteiger partial charge in [0.2, 0.25) is 0 Å². The van der Waals surface area contributed by atoms with E-state index in [4.69, 9.17) is 4.42 Å². The number of aliphatic hydroxyl groups excluding tert-OH is 1. The van der Waals surface area contributed by atoms with Gasteiger partial charge in [-0.25, -0.2) is 9.37 Å². The van der Waals surface area contributed by atoms with E-state index < -0.39 is 6.10 Å². The molecule has 1 aliphatic rings. The fourth-order valence-electron chi connectivity index (χ4n) is 3.31. The minimum atomic E-state index is -0.622. The van der Waals surface area contributed by atoms with Crippen LogP contribution in [0.25, 0.3) is 11.1 Å². The fraction of sp³-hybridized carbons (Fsp3) is 0.263. The fourth-order valence-corrected chi connectivity index (χ4v) is 3.31. The number of hydrogen-bond donors (Lipinski definition) is 1. The highest BCUT2D eigenvalue weighted by Crippen LogP contribution is 2.34. The largest absolute Gasteiger partial charge is 0.449 e. The third kappa shape index (κ3) is 2.89. The molecule has 2 atom stereocenters. The van der Waals surface area contributed by atoms with Gasteiger partial charge in [0, 0.05) is 18.3 Å². The average molecular weight is 340 g/mol. The van der Waals surface area contributed by atoms with Crippen molar-refractivity contribution in [3.63, 3.8) is 0 Å². The van der Waals surface area contributed by atoms with Crippen molar-refractivity contribution >= 4 is 17.0 Å². The number of aliphatic hydroxyl groups is 1. The predicted octanol–water partition coefficient (Wildman–Crippen LogP) is 3.22. The highest BCUT2D eigenvalue weighted by atomic mass is 19.1. The molecule has 0 radical (unpaired) electrons. The molecular formula is C19H17FN2O3. The molecular weight excluding hydrogens is 323 g/mol. The van der Waals surface area contributed by atoms with Crippen LogP contribution in [0.15, 0.2) is 46.9 Å². The van der Waals surface area contributed by atoms with Crippen LogP contribution in [0.4, 0.5) is 4.39 Å². The van der Waals surface area contributed by atoms with Gasteiger partial charge >= 0.3 is 0 Å². The van der Waals surface area contributed by atoms with Gasteiger partial charge in [-0.2, -0.15) is 0 Å². The number of furan rings is 1. The van der Waals surface area contributed by atoms with E-state index in [0.717, 1.165) is 11.3 Å². The number of β-amino-alcohol motifs (C(OH)–C–C–N with tert-alkyl or cyclic N) is 1. The molecule has 5 nitrogen and oxygen atoms in total.